The number of aromatic nitrogens is 1. The quantitative estimate of drug-likeness (QED) is 0.610. The maximum atomic E-state index is 4.66. The molecule has 3 aliphatic rings. The molecule has 21 heavy (non-hydrogen) atoms. The molecule has 0 unspecified atom stereocenters. The highest BCUT2D eigenvalue weighted by atomic mass is 14.7. The van der Waals surface area contributed by atoms with E-state index >= 15 is 0 Å². The van der Waals surface area contributed by atoms with Gasteiger partial charge in [-0.2, -0.15) is 0 Å². The van der Waals surface area contributed by atoms with Crippen LogP contribution >= 0.6 is 0 Å². The Morgan fingerprint density at radius 1 is 0.952 bits per heavy atom. The molecule has 0 atom stereocenters. The van der Waals surface area contributed by atoms with Crippen molar-refractivity contribution in [1.29, 1.82) is 0 Å². The van der Waals surface area contributed by atoms with Crippen molar-refractivity contribution in [3.05, 3.63) is 65.9 Å². The van der Waals surface area contributed by atoms with Gasteiger partial charge < -0.3 is 0 Å². The van der Waals surface area contributed by atoms with E-state index in [1.165, 1.54) is 35.6 Å². The Hall–Kier alpha value is -2.15. The first-order valence-electron chi connectivity index (χ1n) is 7.85. The second-order valence-corrected chi connectivity index (χ2v) is 6.54. The van der Waals surface area contributed by atoms with Gasteiger partial charge in [-0.25, -0.2) is 0 Å². The third-order valence-electron chi connectivity index (χ3n) is 5.26. The fourth-order valence-electron chi connectivity index (χ4n) is 4.13. The fraction of sp³-hybridized carbons (Fsp3) is 0.250. The van der Waals surface area contributed by atoms with E-state index in [1.807, 2.05) is 6.20 Å². The van der Waals surface area contributed by atoms with Gasteiger partial charge in [-0.15, -0.1) is 0 Å². The minimum atomic E-state index is 0.830. The van der Waals surface area contributed by atoms with Gasteiger partial charge in [0.05, 0.1) is 5.69 Å². The van der Waals surface area contributed by atoms with Crippen molar-refractivity contribution in [2.24, 2.45) is 5.92 Å². The monoisotopic (exact) mass is 271 g/mol. The molecule has 1 fully saturated rings. The molecule has 2 bridgehead atoms. The van der Waals surface area contributed by atoms with Crippen LogP contribution in [0.2, 0.25) is 0 Å². The smallest absolute Gasteiger partial charge is 0.0780 e. The van der Waals surface area contributed by atoms with Crippen LogP contribution in [0.3, 0.4) is 0 Å². The van der Waals surface area contributed by atoms with Crippen LogP contribution < -0.4 is 0 Å². The van der Waals surface area contributed by atoms with E-state index < -0.39 is 0 Å². The molecule has 1 heteroatoms. The average molecular weight is 271 g/mol. The summed E-state index contributed by atoms with van der Waals surface area (Å²) in [7, 11) is 0. The van der Waals surface area contributed by atoms with E-state index in [2.05, 4.69) is 53.5 Å². The van der Waals surface area contributed by atoms with E-state index in [0.29, 0.717) is 0 Å². The van der Waals surface area contributed by atoms with Crippen LogP contribution in [0, 0.1) is 5.92 Å². The van der Waals surface area contributed by atoms with Gasteiger partial charge in [0.25, 0.3) is 0 Å². The number of fused-ring (bicyclic) bond motifs is 1. The predicted molar refractivity (Wildman–Crippen MR) is 86.3 cm³/mol. The van der Waals surface area contributed by atoms with Crippen LogP contribution in [0.4, 0.5) is 0 Å². The number of nitrogens with zero attached hydrogens (tertiary/aromatic N) is 1. The lowest BCUT2D eigenvalue weighted by molar-refractivity contribution is 0.238. The van der Waals surface area contributed by atoms with Gasteiger partial charge in [0.1, 0.15) is 0 Å². The zero-order valence-corrected chi connectivity index (χ0v) is 11.9. The SMILES string of the molecule is c1ccc(-c2nccc3cc4c(cc23)CC2CC4C2)cc1. The van der Waals surface area contributed by atoms with Crippen LogP contribution in [0.15, 0.2) is 54.7 Å². The van der Waals surface area contributed by atoms with Crippen LogP contribution in [-0.4, -0.2) is 4.98 Å². The Labute approximate surface area is 124 Å². The van der Waals surface area contributed by atoms with E-state index in [4.69, 9.17) is 0 Å². The molecule has 0 radical (unpaired) electrons. The van der Waals surface area contributed by atoms with Gasteiger partial charge in [0, 0.05) is 17.1 Å². The first-order valence-corrected chi connectivity index (χ1v) is 7.85. The molecule has 1 heterocycles. The third-order valence-corrected chi connectivity index (χ3v) is 5.26. The average Bonchev–Trinajstić information content (AvgIpc) is 2.51. The van der Waals surface area contributed by atoms with Gasteiger partial charge in [-0.05, 0) is 59.7 Å². The summed E-state index contributed by atoms with van der Waals surface area (Å²) in [5, 5.41) is 2.65. The van der Waals surface area contributed by atoms with Gasteiger partial charge in [-0.1, -0.05) is 36.4 Å². The second-order valence-electron chi connectivity index (χ2n) is 6.54. The van der Waals surface area contributed by atoms with Crippen molar-refractivity contribution in [3.63, 3.8) is 0 Å². The minimum Gasteiger partial charge on any atom is -0.256 e. The first-order chi connectivity index (χ1) is 10.4. The van der Waals surface area contributed by atoms with Crippen LogP contribution in [-0.2, 0) is 6.42 Å². The van der Waals surface area contributed by atoms with Crippen molar-refractivity contribution in [2.75, 3.05) is 0 Å². The molecule has 3 aromatic rings. The molecule has 0 amide bonds. The highest BCUT2D eigenvalue weighted by molar-refractivity contribution is 5.95. The largest absolute Gasteiger partial charge is 0.256 e. The Bertz CT molecular complexity index is 829. The number of rotatable bonds is 1. The van der Waals surface area contributed by atoms with E-state index in [9.17, 15) is 0 Å². The number of benzene rings is 2. The van der Waals surface area contributed by atoms with Gasteiger partial charge in [0.2, 0.25) is 0 Å². The molecule has 0 spiro atoms. The highest BCUT2D eigenvalue weighted by Gasteiger charge is 2.37. The van der Waals surface area contributed by atoms with Crippen LogP contribution in [0.5, 0.6) is 0 Å². The topological polar surface area (TPSA) is 12.9 Å². The van der Waals surface area contributed by atoms with Crippen LogP contribution in [0.1, 0.15) is 29.9 Å². The molecule has 1 aromatic heterocycles. The molecule has 6 rings (SSSR count). The minimum absolute atomic E-state index is 0.830. The zero-order valence-electron chi connectivity index (χ0n) is 11.9. The van der Waals surface area contributed by atoms with Gasteiger partial charge in [-0.3, -0.25) is 4.98 Å². The zero-order chi connectivity index (χ0) is 13.8. The fourth-order valence-corrected chi connectivity index (χ4v) is 4.13. The summed E-state index contributed by atoms with van der Waals surface area (Å²) in [6, 6.07) is 17.5. The molecule has 3 aliphatic carbocycles. The molecule has 2 aromatic carbocycles. The molecule has 0 saturated heterocycles. The molecule has 0 aliphatic heterocycles. The molecule has 0 N–H and O–H groups in total. The summed E-state index contributed by atoms with van der Waals surface area (Å²) in [6.45, 7) is 0. The summed E-state index contributed by atoms with van der Waals surface area (Å²) in [4.78, 5) is 4.66. The maximum Gasteiger partial charge on any atom is 0.0780 e. The summed E-state index contributed by atoms with van der Waals surface area (Å²) >= 11 is 0. The molecule has 102 valence electrons. The summed E-state index contributed by atoms with van der Waals surface area (Å²) < 4.78 is 0. The lowest BCUT2D eigenvalue weighted by atomic mass is 9.62. The molecule has 1 saturated carbocycles. The van der Waals surface area contributed by atoms with Crippen molar-refractivity contribution in [1.82, 2.24) is 4.98 Å². The second kappa shape index (κ2) is 4.17. The van der Waals surface area contributed by atoms with Gasteiger partial charge >= 0.3 is 0 Å². The van der Waals surface area contributed by atoms with Crippen molar-refractivity contribution < 1.29 is 0 Å². The molecular formula is C20H17N. The molecule has 1 nitrogen and oxygen atoms in total. The van der Waals surface area contributed by atoms with E-state index in [0.717, 1.165) is 17.5 Å². The summed E-state index contributed by atoms with van der Waals surface area (Å²) in [6.07, 6.45) is 6.04. The highest BCUT2D eigenvalue weighted by Crippen LogP contribution is 2.50. The maximum absolute atomic E-state index is 4.66. The Morgan fingerprint density at radius 2 is 1.81 bits per heavy atom. The normalized spacial score (nSPS) is 22.7. The lowest BCUT2D eigenvalue weighted by Gasteiger charge is -2.42. The number of hydrogen-bond acceptors (Lipinski definition) is 1. The van der Waals surface area contributed by atoms with Crippen LogP contribution in [0.25, 0.3) is 22.0 Å². The van der Waals surface area contributed by atoms with E-state index in [-0.39, 0.29) is 0 Å². The summed E-state index contributed by atoms with van der Waals surface area (Å²) in [5.41, 5.74) is 5.51. The first kappa shape index (κ1) is 11.5. The Kier molecular flexibility index (Phi) is 2.29. The van der Waals surface area contributed by atoms with E-state index in [1.54, 1.807) is 11.1 Å². The summed E-state index contributed by atoms with van der Waals surface area (Å²) in [5.74, 6) is 1.77. The number of pyridine rings is 1. The lowest BCUT2D eigenvalue weighted by Crippen LogP contribution is -2.30. The Morgan fingerprint density at radius 3 is 2.67 bits per heavy atom. The third kappa shape index (κ3) is 1.67. The van der Waals surface area contributed by atoms with Crippen molar-refractivity contribution >= 4 is 10.8 Å². The predicted octanol–water partition coefficient (Wildman–Crippen LogP) is 4.95. The van der Waals surface area contributed by atoms with Crippen molar-refractivity contribution in [3.8, 4) is 11.3 Å². The molecular weight excluding hydrogens is 254 g/mol. The number of hydrogen-bond donors (Lipinski definition) is 0. The standard InChI is InChI=1S/C20H17N/c1-2-4-14(5-3-1)20-19-12-17-10-13-8-16(9-13)18(17)11-15(19)6-7-21-20/h1-7,11-13,16H,8-10H2. The van der Waals surface area contributed by atoms with Gasteiger partial charge in [0.15, 0.2) is 0 Å². The van der Waals surface area contributed by atoms with Crippen molar-refractivity contribution in [2.45, 2.75) is 25.2 Å². The Balaban J connectivity index is 1.77.